The third-order valence-corrected chi connectivity index (χ3v) is 4.71. The van der Waals surface area contributed by atoms with Gasteiger partial charge < -0.3 is 29.0 Å². The van der Waals surface area contributed by atoms with Crippen molar-refractivity contribution in [1.82, 2.24) is 20.1 Å². The van der Waals surface area contributed by atoms with Crippen LogP contribution in [0.4, 0.5) is 0 Å². The summed E-state index contributed by atoms with van der Waals surface area (Å²) < 4.78 is 16.0. The zero-order valence-electron chi connectivity index (χ0n) is 18.0. The normalized spacial score (nSPS) is 14.2. The zero-order valence-corrected chi connectivity index (χ0v) is 20.3. The number of pyridine rings is 1. The van der Waals surface area contributed by atoms with E-state index in [0.717, 1.165) is 18.1 Å². The number of guanidine groups is 1. The second-order valence-electron chi connectivity index (χ2n) is 6.74. The average Bonchev–Trinajstić information content (AvgIpc) is 3.32. The molecule has 1 saturated heterocycles. The van der Waals surface area contributed by atoms with Gasteiger partial charge in [0.2, 0.25) is 5.88 Å². The summed E-state index contributed by atoms with van der Waals surface area (Å²) in [5, 5.41) is 3.34. The van der Waals surface area contributed by atoms with Crippen LogP contribution < -0.4 is 10.1 Å². The van der Waals surface area contributed by atoms with Crippen molar-refractivity contribution in [3.05, 3.63) is 48.0 Å². The number of rotatable bonds is 8. The number of aromatic nitrogens is 1. The van der Waals surface area contributed by atoms with Crippen molar-refractivity contribution in [1.29, 1.82) is 0 Å². The molecule has 10 heteroatoms. The summed E-state index contributed by atoms with van der Waals surface area (Å²) in [6.07, 6.45) is 3.22. The van der Waals surface area contributed by atoms with Gasteiger partial charge in [0.1, 0.15) is 6.61 Å². The molecule has 2 aromatic heterocycles. The van der Waals surface area contributed by atoms with Crippen molar-refractivity contribution in [3.63, 3.8) is 0 Å². The highest BCUT2D eigenvalue weighted by Gasteiger charge is 2.25. The van der Waals surface area contributed by atoms with E-state index in [4.69, 9.17) is 18.9 Å². The van der Waals surface area contributed by atoms with E-state index in [2.05, 4.69) is 15.2 Å². The van der Waals surface area contributed by atoms with Gasteiger partial charge in [-0.1, -0.05) is 6.07 Å². The van der Waals surface area contributed by atoms with E-state index in [-0.39, 0.29) is 29.9 Å². The molecule has 0 radical (unpaired) electrons. The van der Waals surface area contributed by atoms with Crippen molar-refractivity contribution in [2.24, 2.45) is 4.99 Å². The summed E-state index contributed by atoms with van der Waals surface area (Å²) in [5.74, 6) is 1.69. The predicted molar refractivity (Wildman–Crippen MR) is 128 cm³/mol. The lowest BCUT2D eigenvalue weighted by Crippen LogP contribution is -2.53. The molecule has 0 aliphatic carbocycles. The first kappa shape index (κ1) is 24.9. The monoisotopic (exact) mass is 543 g/mol. The first-order valence-electron chi connectivity index (χ1n) is 10.1. The van der Waals surface area contributed by atoms with Crippen LogP contribution in [0, 0.1) is 0 Å². The molecule has 0 saturated carbocycles. The number of piperazine rings is 1. The molecular formula is C21H30IN5O4. The third kappa shape index (κ3) is 7.10. The summed E-state index contributed by atoms with van der Waals surface area (Å²) in [4.78, 5) is 25.5. The summed E-state index contributed by atoms with van der Waals surface area (Å²) >= 11 is 0. The molecule has 1 amide bonds. The molecule has 1 aliphatic heterocycles. The van der Waals surface area contributed by atoms with Crippen molar-refractivity contribution < 1.29 is 18.7 Å². The van der Waals surface area contributed by atoms with E-state index in [1.807, 2.05) is 24.0 Å². The lowest BCUT2D eigenvalue weighted by Gasteiger charge is -2.36. The Morgan fingerprint density at radius 3 is 2.65 bits per heavy atom. The molecule has 0 unspecified atom stereocenters. The zero-order chi connectivity index (χ0) is 21.2. The van der Waals surface area contributed by atoms with Gasteiger partial charge in [-0.15, -0.1) is 24.0 Å². The fourth-order valence-corrected chi connectivity index (χ4v) is 3.16. The van der Waals surface area contributed by atoms with Crippen LogP contribution in [-0.2, 0) is 11.3 Å². The maximum absolute atomic E-state index is 12.5. The van der Waals surface area contributed by atoms with Crippen LogP contribution in [0.15, 0.2) is 46.1 Å². The van der Waals surface area contributed by atoms with Gasteiger partial charge in [-0.2, -0.15) is 0 Å². The van der Waals surface area contributed by atoms with Gasteiger partial charge in [0.05, 0.1) is 19.4 Å². The summed E-state index contributed by atoms with van der Waals surface area (Å²) in [7, 11) is 1.64. The van der Waals surface area contributed by atoms with Gasteiger partial charge in [-0.3, -0.25) is 4.79 Å². The molecule has 0 aromatic carbocycles. The number of hydrogen-bond acceptors (Lipinski definition) is 6. The Bertz CT molecular complexity index is 823. The lowest BCUT2D eigenvalue weighted by atomic mass is 10.2. The highest BCUT2D eigenvalue weighted by molar-refractivity contribution is 14.0. The number of ether oxygens (including phenoxy) is 2. The van der Waals surface area contributed by atoms with E-state index in [0.29, 0.717) is 57.6 Å². The van der Waals surface area contributed by atoms with Crippen LogP contribution in [0.2, 0.25) is 0 Å². The minimum Gasteiger partial charge on any atom is -0.475 e. The van der Waals surface area contributed by atoms with E-state index < -0.39 is 0 Å². The van der Waals surface area contributed by atoms with Crippen LogP contribution >= 0.6 is 24.0 Å². The van der Waals surface area contributed by atoms with Crippen LogP contribution in [0.3, 0.4) is 0 Å². The number of furan rings is 1. The topological polar surface area (TPSA) is 92.4 Å². The summed E-state index contributed by atoms with van der Waals surface area (Å²) in [6, 6.07) is 7.26. The second kappa shape index (κ2) is 13.2. The molecular weight excluding hydrogens is 513 g/mol. The van der Waals surface area contributed by atoms with E-state index in [1.54, 1.807) is 25.4 Å². The molecule has 1 fully saturated rings. The molecule has 31 heavy (non-hydrogen) atoms. The minimum atomic E-state index is -0.0743. The minimum absolute atomic E-state index is 0. The molecule has 170 valence electrons. The highest BCUT2D eigenvalue weighted by atomic mass is 127. The van der Waals surface area contributed by atoms with Crippen molar-refractivity contribution in [3.8, 4) is 5.88 Å². The number of nitrogens with one attached hydrogen (secondary N) is 1. The Hall–Kier alpha value is -2.34. The van der Waals surface area contributed by atoms with Gasteiger partial charge in [-0.05, 0) is 25.1 Å². The average molecular weight is 543 g/mol. The number of nitrogens with zero attached hydrogens (tertiary/aromatic N) is 4. The maximum atomic E-state index is 12.5. The van der Waals surface area contributed by atoms with E-state index in [9.17, 15) is 4.79 Å². The van der Waals surface area contributed by atoms with Gasteiger partial charge in [0.25, 0.3) is 5.91 Å². The fraction of sp³-hybridized carbons (Fsp3) is 0.476. The Morgan fingerprint density at radius 1 is 1.19 bits per heavy atom. The van der Waals surface area contributed by atoms with Crippen LogP contribution in [0.1, 0.15) is 23.0 Å². The molecule has 0 bridgehead atoms. The van der Waals surface area contributed by atoms with Gasteiger partial charge in [0.15, 0.2) is 11.7 Å². The number of carbonyl (C=O) groups excluding carboxylic acids is 1. The van der Waals surface area contributed by atoms with Gasteiger partial charge >= 0.3 is 0 Å². The lowest BCUT2D eigenvalue weighted by molar-refractivity contribution is 0.0657. The van der Waals surface area contributed by atoms with Crippen LogP contribution in [0.25, 0.3) is 0 Å². The van der Waals surface area contributed by atoms with Crippen LogP contribution in [-0.4, -0.2) is 79.7 Å². The standard InChI is InChI=1S/C21H29N5O4.HI/c1-3-22-21(24-16-17-6-4-8-23-19(17)30-15-14-28-2)26-11-9-25(10-12-26)20(27)18-7-5-13-29-18;/h4-8,13H,3,9-12,14-16H2,1-2H3,(H,22,24);1H. The second-order valence-corrected chi connectivity index (χ2v) is 6.74. The Morgan fingerprint density at radius 2 is 1.97 bits per heavy atom. The molecule has 9 nitrogen and oxygen atoms in total. The summed E-state index contributed by atoms with van der Waals surface area (Å²) in [6.45, 7) is 6.81. The molecule has 1 N–H and O–H groups in total. The fourth-order valence-electron chi connectivity index (χ4n) is 3.16. The molecule has 1 aliphatic rings. The number of hydrogen-bond donors (Lipinski definition) is 1. The van der Waals surface area contributed by atoms with Crippen molar-refractivity contribution in [2.45, 2.75) is 13.5 Å². The first-order chi connectivity index (χ1) is 14.7. The number of methoxy groups -OCH3 is 1. The van der Waals surface area contributed by atoms with Gasteiger partial charge in [-0.25, -0.2) is 9.98 Å². The number of aliphatic imine (C=N–C) groups is 1. The van der Waals surface area contributed by atoms with E-state index >= 15 is 0 Å². The van der Waals surface area contributed by atoms with Crippen molar-refractivity contribution in [2.75, 3.05) is 53.0 Å². The Kier molecular flexibility index (Phi) is 10.6. The quantitative estimate of drug-likeness (QED) is 0.236. The molecule has 0 atom stereocenters. The van der Waals surface area contributed by atoms with Gasteiger partial charge in [0, 0.05) is 51.6 Å². The summed E-state index contributed by atoms with van der Waals surface area (Å²) in [5.41, 5.74) is 0.913. The predicted octanol–water partition coefficient (Wildman–Crippen LogP) is 2.24. The number of amides is 1. The number of halogens is 1. The highest BCUT2D eigenvalue weighted by Crippen LogP contribution is 2.16. The molecule has 0 spiro atoms. The largest absolute Gasteiger partial charge is 0.475 e. The van der Waals surface area contributed by atoms with Crippen molar-refractivity contribution >= 4 is 35.8 Å². The smallest absolute Gasteiger partial charge is 0.289 e. The Labute approximate surface area is 199 Å². The SMILES string of the molecule is CCNC(=NCc1cccnc1OCCOC)N1CCN(C(=O)c2ccco2)CC1.I. The number of carbonyl (C=O) groups is 1. The first-order valence-corrected chi connectivity index (χ1v) is 10.1. The molecule has 3 heterocycles. The Balaban J connectivity index is 0.00000341. The third-order valence-electron chi connectivity index (χ3n) is 4.71. The maximum Gasteiger partial charge on any atom is 0.289 e. The van der Waals surface area contributed by atoms with Crippen LogP contribution in [0.5, 0.6) is 5.88 Å². The van der Waals surface area contributed by atoms with E-state index in [1.165, 1.54) is 6.26 Å². The molecule has 3 rings (SSSR count). The molecule has 2 aromatic rings.